The van der Waals surface area contributed by atoms with Crippen LogP contribution in [0.2, 0.25) is 0 Å². The number of thiazole rings is 1. The van der Waals surface area contributed by atoms with Gasteiger partial charge >= 0.3 is 5.97 Å². The maximum Gasteiger partial charge on any atom is 0.338 e. The first-order valence-corrected chi connectivity index (χ1v) is 11.1. The van der Waals surface area contributed by atoms with Gasteiger partial charge in [-0.25, -0.2) is 22.9 Å². The Morgan fingerprint density at radius 2 is 2.00 bits per heavy atom. The van der Waals surface area contributed by atoms with E-state index in [-0.39, 0.29) is 29.5 Å². The Balaban J connectivity index is 2.14. The Labute approximate surface area is 168 Å². The highest BCUT2D eigenvalue weighted by Crippen LogP contribution is 2.22. The van der Waals surface area contributed by atoms with Crippen molar-refractivity contribution in [3.05, 3.63) is 40.4 Å². The number of esters is 1. The molecule has 0 aliphatic rings. The van der Waals surface area contributed by atoms with Gasteiger partial charge in [0.2, 0.25) is 15.9 Å². The van der Waals surface area contributed by atoms with E-state index < -0.39 is 16.0 Å². The molecule has 152 valence electrons. The first-order chi connectivity index (χ1) is 13.2. The van der Waals surface area contributed by atoms with Crippen molar-refractivity contribution in [1.82, 2.24) is 9.71 Å². The van der Waals surface area contributed by atoms with Crippen molar-refractivity contribution >= 4 is 38.4 Å². The summed E-state index contributed by atoms with van der Waals surface area (Å²) in [5.74, 6) is -0.755. The van der Waals surface area contributed by atoms with Gasteiger partial charge in [0.15, 0.2) is 5.13 Å². The van der Waals surface area contributed by atoms with Crippen molar-refractivity contribution in [2.75, 3.05) is 18.0 Å². The van der Waals surface area contributed by atoms with Crippen molar-refractivity contribution in [3.63, 3.8) is 0 Å². The maximum absolute atomic E-state index is 12.5. The Bertz CT molecular complexity index is 969. The predicted molar refractivity (Wildman–Crippen MR) is 107 cm³/mol. The van der Waals surface area contributed by atoms with Crippen molar-refractivity contribution in [2.24, 2.45) is 0 Å². The number of nitrogens with one attached hydrogen (secondary N) is 1. The van der Waals surface area contributed by atoms with E-state index in [1.165, 1.54) is 35.3 Å². The molecule has 0 radical (unpaired) electrons. The third kappa shape index (κ3) is 5.15. The fourth-order valence-corrected chi connectivity index (χ4v) is 4.44. The van der Waals surface area contributed by atoms with Gasteiger partial charge in [0.1, 0.15) is 6.61 Å². The Hall–Kier alpha value is -2.30. The number of benzene rings is 1. The lowest BCUT2D eigenvalue weighted by atomic mass is 10.1. The fraction of sp³-hybridized carbons (Fsp3) is 0.389. The van der Waals surface area contributed by atoms with Gasteiger partial charge in [0.05, 0.1) is 16.2 Å². The number of carbonyl (C=O) groups excluding carboxylic acids is 2. The summed E-state index contributed by atoms with van der Waals surface area (Å²) in [7, 11) is -3.67. The van der Waals surface area contributed by atoms with Crippen LogP contribution in [0.15, 0.2) is 28.5 Å². The van der Waals surface area contributed by atoms with E-state index in [1.807, 2.05) is 6.92 Å². The molecular formula is C18H23N3O5S2. The van der Waals surface area contributed by atoms with Crippen molar-refractivity contribution in [2.45, 2.75) is 39.2 Å². The standard InChI is InChI=1S/C18H23N3O5S2/c1-5-19-28(24,25)15-8-7-12(3)16(9-15)17(23)26-10-14-11-27-18(20-14)21(6-2)13(4)22/h7-9,11,19H,5-6,10H2,1-4H3. The number of aromatic nitrogens is 1. The topological polar surface area (TPSA) is 106 Å². The summed E-state index contributed by atoms with van der Waals surface area (Å²) in [5, 5.41) is 2.25. The molecule has 0 aliphatic carbocycles. The Morgan fingerprint density at radius 3 is 2.61 bits per heavy atom. The number of hydrogen-bond donors (Lipinski definition) is 1. The number of hydrogen-bond acceptors (Lipinski definition) is 7. The molecule has 0 saturated heterocycles. The van der Waals surface area contributed by atoms with E-state index in [0.29, 0.717) is 22.9 Å². The summed E-state index contributed by atoms with van der Waals surface area (Å²) in [4.78, 5) is 29.9. The van der Waals surface area contributed by atoms with Crippen LogP contribution in [0.4, 0.5) is 5.13 Å². The van der Waals surface area contributed by atoms with Crippen LogP contribution in [-0.4, -0.2) is 38.4 Å². The zero-order chi connectivity index (χ0) is 20.9. The van der Waals surface area contributed by atoms with Crippen molar-refractivity contribution in [3.8, 4) is 0 Å². The van der Waals surface area contributed by atoms with Crippen LogP contribution < -0.4 is 9.62 Å². The van der Waals surface area contributed by atoms with E-state index in [4.69, 9.17) is 4.74 Å². The molecule has 0 atom stereocenters. The summed E-state index contributed by atoms with van der Waals surface area (Å²) >= 11 is 1.29. The van der Waals surface area contributed by atoms with Crippen LogP contribution in [0.1, 0.15) is 42.4 Å². The van der Waals surface area contributed by atoms with Gasteiger partial charge in [-0.05, 0) is 31.5 Å². The molecule has 1 amide bonds. The molecule has 0 spiro atoms. The zero-order valence-electron chi connectivity index (χ0n) is 16.2. The van der Waals surface area contributed by atoms with Crippen molar-refractivity contribution < 1.29 is 22.7 Å². The number of carbonyl (C=O) groups is 2. The molecule has 8 nitrogen and oxygen atoms in total. The monoisotopic (exact) mass is 425 g/mol. The van der Waals surface area contributed by atoms with E-state index in [9.17, 15) is 18.0 Å². The first kappa shape index (κ1) is 22.0. The van der Waals surface area contributed by atoms with Gasteiger partial charge in [-0.3, -0.25) is 9.69 Å². The molecule has 0 unspecified atom stereocenters. The second-order valence-electron chi connectivity index (χ2n) is 5.94. The maximum atomic E-state index is 12.5. The highest BCUT2D eigenvalue weighted by atomic mass is 32.2. The molecule has 1 aromatic heterocycles. The summed E-state index contributed by atoms with van der Waals surface area (Å²) in [6, 6.07) is 4.31. The quantitative estimate of drug-likeness (QED) is 0.652. The lowest BCUT2D eigenvalue weighted by Crippen LogP contribution is -2.27. The minimum atomic E-state index is -3.67. The smallest absolute Gasteiger partial charge is 0.338 e. The molecule has 0 aliphatic heterocycles. The summed E-state index contributed by atoms with van der Waals surface area (Å²) in [6.07, 6.45) is 0. The molecule has 1 N–H and O–H groups in total. The highest BCUT2D eigenvalue weighted by Gasteiger charge is 2.19. The van der Waals surface area contributed by atoms with E-state index in [0.717, 1.165) is 0 Å². The number of aryl methyl sites for hydroxylation is 1. The average molecular weight is 426 g/mol. The molecule has 2 aromatic rings. The summed E-state index contributed by atoms with van der Waals surface area (Å²) in [5.41, 5.74) is 1.30. The van der Waals surface area contributed by atoms with E-state index in [1.54, 1.807) is 25.3 Å². The average Bonchev–Trinajstić information content (AvgIpc) is 3.08. The largest absolute Gasteiger partial charge is 0.456 e. The fourth-order valence-electron chi connectivity index (χ4n) is 2.46. The molecular weight excluding hydrogens is 402 g/mol. The molecule has 0 fully saturated rings. The Morgan fingerprint density at radius 1 is 1.29 bits per heavy atom. The molecule has 2 rings (SSSR count). The molecule has 28 heavy (non-hydrogen) atoms. The van der Waals surface area contributed by atoms with Gasteiger partial charge in [-0.1, -0.05) is 13.0 Å². The van der Waals surface area contributed by atoms with Gasteiger partial charge in [-0.2, -0.15) is 0 Å². The van der Waals surface area contributed by atoms with E-state index in [2.05, 4.69) is 9.71 Å². The number of rotatable bonds is 8. The van der Waals surface area contributed by atoms with Crippen LogP contribution in [0.3, 0.4) is 0 Å². The van der Waals surface area contributed by atoms with Gasteiger partial charge in [-0.15, -0.1) is 11.3 Å². The Kier molecular flexibility index (Phi) is 7.28. The lowest BCUT2D eigenvalue weighted by Gasteiger charge is -2.14. The molecule has 1 heterocycles. The highest BCUT2D eigenvalue weighted by molar-refractivity contribution is 7.89. The third-order valence-corrected chi connectivity index (χ3v) is 6.35. The van der Waals surface area contributed by atoms with Crippen molar-refractivity contribution in [1.29, 1.82) is 0 Å². The summed E-state index contributed by atoms with van der Waals surface area (Å²) < 4.78 is 32.0. The van der Waals surface area contributed by atoms with E-state index >= 15 is 0 Å². The predicted octanol–water partition coefficient (Wildman–Crippen LogP) is 2.48. The number of nitrogens with zero attached hydrogens (tertiary/aromatic N) is 2. The number of anilines is 1. The third-order valence-electron chi connectivity index (χ3n) is 3.89. The molecule has 1 aromatic carbocycles. The van der Waals surface area contributed by atoms with Crippen LogP contribution in [0.5, 0.6) is 0 Å². The second kappa shape index (κ2) is 9.26. The summed E-state index contributed by atoms with van der Waals surface area (Å²) in [6.45, 7) is 7.35. The SMILES string of the molecule is CCNS(=O)(=O)c1ccc(C)c(C(=O)OCc2csc(N(CC)C(C)=O)n2)c1. The second-order valence-corrected chi connectivity index (χ2v) is 8.54. The number of ether oxygens (including phenoxy) is 1. The van der Waals surface area contributed by atoms with Crippen LogP contribution >= 0.6 is 11.3 Å². The lowest BCUT2D eigenvalue weighted by molar-refractivity contribution is -0.116. The van der Waals surface area contributed by atoms with Crippen LogP contribution in [0, 0.1) is 6.92 Å². The number of sulfonamides is 1. The minimum Gasteiger partial charge on any atom is -0.456 e. The molecule has 0 saturated carbocycles. The molecule has 10 heteroatoms. The van der Waals surface area contributed by atoms with Crippen LogP contribution in [-0.2, 0) is 26.2 Å². The van der Waals surface area contributed by atoms with Gasteiger partial charge in [0, 0.05) is 25.4 Å². The normalized spacial score (nSPS) is 11.3. The van der Waals surface area contributed by atoms with Gasteiger partial charge in [0.25, 0.3) is 0 Å². The van der Waals surface area contributed by atoms with Crippen LogP contribution in [0.25, 0.3) is 0 Å². The first-order valence-electron chi connectivity index (χ1n) is 8.69. The number of amides is 1. The van der Waals surface area contributed by atoms with Gasteiger partial charge < -0.3 is 4.74 Å². The molecule has 0 bridgehead atoms. The zero-order valence-corrected chi connectivity index (χ0v) is 17.8. The minimum absolute atomic E-state index is 0.00268.